The predicted molar refractivity (Wildman–Crippen MR) is 91.0 cm³/mol. The van der Waals surface area contributed by atoms with Crippen LogP contribution in [0.4, 0.5) is 0 Å². The van der Waals surface area contributed by atoms with Gasteiger partial charge in [-0.05, 0) is 44.4 Å². The highest BCUT2D eigenvalue weighted by atomic mass is 16.5. The summed E-state index contributed by atoms with van der Waals surface area (Å²) in [6, 6.07) is 1.92. The SMILES string of the molecule is NC[C@@H](O)CC(=O)NC1CCC(CC(=O)c2cc(C3CC3)on2)CC1. The van der Waals surface area contributed by atoms with E-state index in [1.54, 1.807) is 6.07 Å². The highest BCUT2D eigenvalue weighted by Gasteiger charge is 2.30. The van der Waals surface area contributed by atoms with E-state index in [4.69, 9.17) is 10.3 Å². The molecule has 0 spiro atoms. The molecular formula is C18H27N3O4. The third-order valence-electron chi connectivity index (χ3n) is 5.17. The number of aliphatic hydroxyl groups is 1. The Bertz CT molecular complexity index is 603. The fraction of sp³-hybridized carbons (Fsp3) is 0.722. The van der Waals surface area contributed by atoms with Crippen molar-refractivity contribution in [2.45, 2.75) is 69.4 Å². The summed E-state index contributed by atoms with van der Waals surface area (Å²) >= 11 is 0. The molecule has 0 aliphatic heterocycles. The maximum Gasteiger partial charge on any atom is 0.222 e. The molecule has 2 aliphatic carbocycles. The lowest BCUT2D eigenvalue weighted by Crippen LogP contribution is -2.40. The van der Waals surface area contributed by atoms with Gasteiger partial charge in [0.05, 0.1) is 12.5 Å². The maximum absolute atomic E-state index is 12.4. The molecule has 7 heteroatoms. The van der Waals surface area contributed by atoms with Gasteiger partial charge < -0.3 is 20.7 Å². The van der Waals surface area contributed by atoms with Crippen LogP contribution in [0.15, 0.2) is 10.6 Å². The quantitative estimate of drug-likeness (QED) is 0.612. The van der Waals surface area contributed by atoms with Crippen molar-refractivity contribution in [2.75, 3.05) is 6.54 Å². The average molecular weight is 349 g/mol. The van der Waals surface area contributed by atoms with Crippen LogP contribution in [0.5, 0.6) is 0 Å². The van der Waals surface area contributed by atoms with Gasteiger partial charge in [-0.1, -0.05) is 5.16 Å². The fourth-order valence-corrected chi connectivity index (χ4v) is 3.44. The molecule has 3 rings (SSSR count). The van der Waals surface area contributed by atoms with Gasteiger partial charge in [0, 0.05) is 31.0 Å². The van der Waals surface area contributed by atoms with Crippen LogP contribution in [-0.4, -0.2) is 40.6 Å². The van der Waals surface area contributed by atoms with Gasteiger partial charge >= 0.3 is 0 Å². The molecule has 1 aromatic rings. The topological polar surface area (TPSA) is 118 Å². The minimum absolute atomic E-state index is 0.0460. The van der Waals surface area contributed by atoms with Gasteiger partial charge in [-0.15, -0.1) is 0 Å². The zero-order chi connectivity index (χ0) is 17.8. The monoisotopic (exact) mass is 349 g/mol. The summed E-state index contributed by atoms with van der Waals surface area (Å²) in [6.07, 6.45) is 5.53. The van der Waals surface area contributed by atoms with Gasteiger partial charge in [0.2, 0.25) is 5.91 Å². The van der Waals surface area contributed by atoms with Crippen LogP contribution in [-0.2, 0) is 4.79 Å². The lowest BCUT2D eigenvalue weighted by atomic mass is 9.82. The van der Waals surface area contributed by atoms with E-state index in [1.807, 2.05) is 0 Å². The van der Waals surface area contributed by atoms with Gasteiger partial charge in [0.25, 0.3) is 0 Å². The molecule has 2 aliphatic rings. The second-order valence-electron chi connectivity index (χ2n) is 7.39. The Balaban J connectivity index is 1.39. The van der Waals surface area contributed by atoms with E-state index in [9.17, 15) is 14.7 Å². The minimum atomic E-state index is -0.781. The van der Waals surface area contributed by atoms with Gasteiger partial charge in [-0.2, -0.15) is 0 Å². The number of carbonyl (C=O) groups is 2. The number of nitrogens with two attached hydrogens (primary N) is 1. The molecule has 4 N–H and O–H groups in total. The highest BCUT2D eigenvalue weighted by molar-refractivity contribution is 5.94. The van der Waals surface area contributed by atoms with Crippen molar-refractivity contribution in [3.63, 3.8) is 0 Å². The number of hydrogen-bond donors (Lipinski definition) is 3. The number of aliphatic hydroxyl groups excluding tert-OH is 1. The number of amides is 1. The first-order valence-electron chi connectivity index (χ1n) is 9.22. The van der Waals surface area contributed by atoms with Crippen molar-refractivity contribution in [3.05, 3.63) is 17.5 Å². The lowest BCUT2D eigenvalue weighted by molar-refractivity contribution is -0.123. The first kappa shape index (κ1) is 18.1. The summed E-state index contributed by atoms with van der Waals surface area (Å²) < 4.78 is 5.25. The van der Waals surface area contributed by atoms with Crippen molar-refractivity contribution in [3.8, 4) is 0 Å². The zero-order valence-corrected chi connectivity index (χ0v) is 14.4. The highest BCUT2D eigenvalue weighted by Crippen LogP contribution is 2.40. The standard InChI is InChI=1S/C18H27N3O4/c19-10-14(22)8-18(24)20-13-5-1-11(2-6-13)7-16(23)15-9-17(25-21-15)12-3-4-12/h9,11-14,22H,1-8,10,19H2,(H,20,24)/t11?,13?,14-/m0/s1. The maximum atomic E-state index is 12.4. The number of hydrogen-bond acceptors (Lipinski definition) is 6. The Morgan fingerprint density at radius 3 is 2.64 bits per heavy atom. The summed E-state index contributed by atoms with van der Waals surface area (Å²) in [5.41, 5.74) is 5.77. The summed E-state index contributed by atoms with van der Waals surface area (Å²) in [5, 5.41) is 16.3. The fourth-order valence-electron chi connectivity index (χ4n) is 3.44. The summed E-state index contributed by atoms with van der Waals surface area (Å²) in [6.45, 7) is 0.0901. The second kappa shape index (κ2) is 8.10. The Morgan fingerprint density at radius 1 is 1.28 bits per heavy atom. The molecule has 1 heterocycles. The van der Waals surface area contributed by atoms with E-state index in [0.717, 1.165) is 44.3 Å². The molecule has 1 amide bonds. The first-order valence-corrected chi connectivity index (χ1v) is 9.22. The van der Waals surface area contributed by atoms with Crippen molar-refractivity contribution >= 4 is 11.7 Å². The molecule has 0 bridgehead atoms. The van der Waals surface area contributed by atoms with Crippen molar-refractivity contribution in [2.24, 2.45) is 11.7 Å². The molecule has 0 radical (unpaired) electrons. The molecule has 1 aromatic heterocycles. The molecule has 7 nitrogen and oxygen atoms in total. The number of Topliss-reactive ketones (excluding diaryl/α,β-unsaturated/α-hetero) is 1. The number of carbonyl (C=O) groups excluding carboxylic acids is 2. The van der Waals surface area contributed by atoms with Crippen LogP contribution in [0.25, 0.3) is 0 Å². The van der Waals surface area contributed by atoms with Crippen molar-refractivity contribution in [1.82, 2.24) is 10.5 Å². The number of nitrogens with zero attached hydrogens (tertiary/aromatic N) is 1. The predicted octanol–water partition coefficient (Wildman–Crippen LogP) is 1.51. The van der Waals surface area contributed by atoms with E-state index in [-0.39, 0.29) is 30.7 Å². The Kier molecular flexibility index (Phi) is 5.86. The Labute approximate surface area is 147 Å². The smallest absolute Gasteiger partial charge is 0.222 e. The summed E-state index contributed by atoms with van der Waals surface area (Å²) in [4.78, 5) is 24.1. The third-order valence-corrected chi connectivity index (χ3v) is 5.17. The summed E-state index contributed by atoms with van der Waals surface area (Å²) in [7, 11) is 0. The molecular weight excluding hydrogens is 322 g/mol. The van der Waals surface area contributed by atoms with Crippen LogP contribution in [0.2, 0.25) is 0 Å². The number of ketones is 1. The first-order chi connectivity index (χ1) is 12.0. The second-order valence-corrected chi connectivity index (χ2v) is 7.39. The van der Waals surface area contributed by atoms with Crippen molar-refractivity contribution in [1.29, 1.82) is 0 Å². The van der Waals surface area contributed by atoms with Crippen LogP contribution in [0.3, 0.4) is 0 Å². The van der Waals surface area contributed by atoms with Gasteiger partial charge in [0.1, 0.15) is 11.5 Å². The minimum Gasteiger partial charge on any atom is -0.391 e. The number of rotatable bonds is 8. The Hall–Kier alpha value is -1.73. The molecule has 0 unspecified atom stereocenters. The molecule has 0 saturated heterocycles. The van der Waals surface area contributed by atoms with Crippen LogP contribution < -0.4 is 11.1 Å². The third kappa shape index (κ3) is 5.12. The van der Waals surface area contributed by atoms with Crippen LogP contribution in [0, 0.1) is 5.92 Å². The van der Waals surface area contributed by atoms with Crippen LogP contribution >= 0.6 is 0 Å². The number of nitrogens with one attached hydrogen (secondary N) is 1. The van der Waals surface area contributed by atoms with E-state index >= 15 is 0 Å². The number of aromatic nitrogens is 1. The van der Waals surface area contributed by atoms with Gasteiger partial charge in [0.15, 0.2) is 5.78 Å². The molecule has 0 aromatic carbocycles. The zero-order valence-electron chi connectivity index (χ0n) is 14.4. The molecule has 2 saturated carbocycles. The van der Waals surface area contributed by atoms with E-state index in [0.29, 0.717) is 24.0 Å². The van der Waals surface area contributed by atoms with E-state index < -0.39 is 6.10 Å². The normalized spacial score (nSPS) is 24.7. The molecule has 2 fully saturated rings. The average Bonchev–Trinajstić information content (AvgIpc) is 3.33. The van der Waals surface area contributed by atoms with Crippen molar-refractivity contribution < 1.29 is 19.2 Å². The van der Waals surface area contributed by atoms with E-state index in [1.165, 1.54) is 0 Å². The lowest BCUT2D eigenvalue weighted by Gasteiger charge is -2.28. The summed E-state index contributed by atoms with van der Waals surface area (Å²) in [5.74, 6) is 1.53. The Morgan fingerprint density at radius 2 is 2.00 bits per heavy atom. The molecule has 25 heavy (non-hydrogen) atoms. The molecule has 138 valence electrons. The van der Waals surface area contributed by atoms with Gasteiger partial charge in [-0.25, -0.2) is 0 Å². The van der Waals surface area contributed by atoms with Gasteiger partial charge in [-0.3, -0.25) is 9.59 Å². The molecule has 1 atom stereocenters. The largest absolute Gasteiger partial charge is 0.391 e. The van der Waals surface area contributed by atoms with Crippen LogP contribution in [0.1, 0.15) is 73.5 Å². The van der Waals surface area contributed by atoms with E-state index in [2.05, 4.69) is 10.5 Å².